The zero-order chi connectivity index (χ0) is 14.5. The second kappa shape index (κ2) is 5.92. The van der Waals surface area contributed by atoms with E-state index in [-0.39, 0.29) is 12.1 Å². The molecule has 0 spiro atoms. The number of aromatic nitrogens is 2. The number of carboxylic acids is 1. The molecular weight excluding hydrogens is 263 g/mol. The minimum atomic E-state index is -1.15. The smallest absolute Gasteiger partial charge is 0.347 e. The standard InChI is InChI=1S/C14H11FN2O3/c15-12-4-2-10(8-11(12)3-5-13(18)19)9-17-7-1-6-16-14(17)20/h1-8H,9H2,(H,18,19). The van der Waals surface area contributed by atoms with E-state index in [0.717, 1.165) is 6.08 Å². The summed E-state index contributed by atoms with van der Waals surface area (Å²) in [6, 6.07) is 5.88. The zero-order valence-corrected chi connectivity index (χ0v) is 10.4. The molecule has 1 heterocycles. The molecule has 1 aromatic heterocycles. The number of halogens is 1. The van der Waals surface area contributed by atoms with Gasteiger partial charge in [-0.05, 0) is 29.8 Å². The van der Waals surface area contributed by atoms with E-state index in [2.05, 4.69) is 4.98 Å². The van der Waals surface area contributed by atoms with E-state index in [1.54, 1.807) is 12.3 Å². The molecule has 0 bridgehead atoms. The highest BCUT2D eigenvalue weighted by molar-refractivity contribution is 5.85. The number of hydrogen-bond donors (Lipinski definition) is 1. The monoisotopic (exact) mass is 274 g/mol. The third-order valence-corrected chi connectivity index (χ3v) is 2.60. The Hall–Kier alpha value is -2.76. The Labute approximate surface area is 113 Å². The van der Waals surface area contributed by atoms with Gasteiger partial charge in [-0.1, -0.05) is 6.07 Å². The second-order valence-corrected chi connectivity index (χ2v) is 4.06. The maximum absolute atomic E-state index is 13.5. The summed E-state index contributed by atoms with van der Waals surface area (Å²) in [5.74, 6) is -1.68. The van der Waals surface area contributed by atoms with Crippen molar-refractivity contribution in [2.75, 3.05) is 0 Å². The largest absolute Gasteiger partial charge is 0.478 e. The molecule has 6 heteroatoms. The molecule has 5 nitrogen and oxygen atoms in total. The van der Waals surface area contributed by atoms with Crippen LogP contribution in [0.4, 0.5) is 4.39 Å². The molecule has 1 aromatic carbocycles. The fourth-order valence-corrected chi connectivity index (χ4v) is 1.68. The van der Waals surface area contributed by atoms with Crippen molar-refractivity contribution in [2.45, 2.75) is 6.54 Å². The van der Waals surface area contributed by atoms with Gasteiger partial charge in [-0.3, -0.25) is 4.57 Å². The molecule has 0 amide bonds. The lowest BCUT2D eigenvalue weighted by molar-refractivity contribution is -0.131. The first-order valence-corrected chi connectivity index (χ1v) is 5.77. The molecule has 0 atom stereocenters. The lowest BCUT2D eigenvalue weighted by atomic mass is 10.1. The van der Waals surface area contributed by atoms with Crippen LogP contribution in [0.25, 0.3) is 6.08 Å². The minimum absolute atomic E-state index is 0.154. The van der Waals surface area contributed by atoms with Crippen molar-refractivity contribution in [1.29, 1.82) is 0 Å². The van der Waals surface area contributed by atoms with Crippen LogP contribution in [-0.2, 0) is 11.3 Å². The number of aliphatic carboxylic acids is 1. The van der Waals surface area contributed by atoms with Crippen LogP contribution in [0.1, 0.15) is 11.1 Å². The summed E-state index contributed by atoms with van der Waals surface area (Å²) < 4.78 is 14.9. The normalized spacial score (nSPS) is 10.8. The van der Waals surface area contributed by atoms with Crippen molar-refractivity contribution >= 4 is 12.0 Å². The number of carbonyl (C=O) groups is 1. The number of nitrogens with zero attached hydrogens (tertiary/aromatic N) is 2. The van der Waals surface area contributed by atoms with E-state index in [1.807, 2.05) is 0 Å². The molecule has 102 valence electrons. The zero-order valence-electron chi connectivity index (χ0n) is 10.4. The predicted octanol–water partition coefficient (Wildman–Crippen LogP) is 1.53. The summed E-state index contributed by atoms with van der Waals surface area (Å²) in [5.41, 5.74) is 0.424. The molecule has 0 aliphatic carbocycles. The maximum Gasteiger partial charge on any atom is 0.347 e. The van der Waals surface area contributed by atoms with Gasteiger partial charge in [0.1, 0.15) is 5.82 Å². The number of hydrogen-bond acceptors (Lipinski definition) is 3. The van der Waals surface area contributed by atoms with Crippen LogP contribution in [-0.4, -0.2) is 20.6 Å². The average molecular weight is 274 g/mol. The van der Waals surface area contributed by atoms with Crippen molar-refractivity contribution in [3.8, 4) is 0 Å². The van der Waals surface area contributed by atoms with Crippen molar-refractivity contribution < 1.29 is 14.3 Å². The molecule has 0 saturated heterocycles. The van der Waals surface area contributed by atoms with E-state index in [1.165, 1.54) is 35.0 Å². The Bertz CT molecular complexity index is 722. The molecule has 0 unspecified atom stereocenters. The molecule has 0 fully saturated rings. The Morgan fingerprint density at radius 3 is 2.95 bits per heavy atom. The van der Waals surface area contributed by atoms with E-state index < -0.39 is 17.5 Å². The molecule has 2 aromatic rings. The van der Waals surface area contributed by atoms with Gasteiger partial charge >= 0.3 is 11.7 Å². The Kier molecular flexibility index (Phi) is 4.05. The van der Waals surface area contributed by atoms with Gasteiger partial charge < -0.3 is 5.11 Å². The van der Waals surface area contributed by atoms with E-state index >= 15 is 0 Å². The molecule has 2 rings (SSSR count). The van der Waals surface area contributed by atoms with Crippen LogP contribution in [0, 0.1) is 5.82 Å². The minimum Gasteiger partial charge on any atom is -0.478 e. The van der Waals surface area contributed by atoms with Gasteiger partial charge in [-0.2, -0.15) is 0 Å². The quantitative estimate of drug-likeness (QED) is 0.858. The molecule has 20 heavy (non-hydrogen) atoms. The molecule has 0 aliphatic heterocycles. The van der Waals surface area contributed by atoms with Gasteiger partial charge in [0.25, 0.3) is 0 Å². The van der Waals surface area contributed by atoms with Crippen LogP contribution in [0.2, 0.25) is 0 Å². The number of rotatable bonds is 4. The fraction of sp³-hybridized carbons (Fsp3) is 0.0714. The highest BCUT2D eigenvalue weighted by atomic mass is 19.1. The molecule has 0 radical (unpaired) electrons. The maximum atomic E-state index is 13.5. The topological polar surface area (TPSA) is 72.2 Å². The van der Waals surface area contributed by atoms with E-state index in [4.69, 9.17) is 5.11 Å². The van der Waals surface area contributed by atoms with Gasteiger partial charge in [0.15, 0.2) is 0 Å². The third-order valence-electron chi connectivity index (χ3n) is 2.60. The molecule has 0 saturated carbocycles. The Morgan fingerprint density at radius 2 is 2.25 bits per heavy atom. The summed E-state index contributed by atoms with van der Waals surface area (Å²) >= 11 is 0. The van der Waals surface area contributed by atoms with Gasteiger partial charge in [0.05, 0.1) is 6.54 Å². The molecule has 0 aliphatic rings. The fourth-order valence-electron chi connectivity index (χ4n) is 1.68. The van der Waals surface area contributed by atoms with Gasteiger partial charge in [0, 0.05) is 24.0 Å². The van der Waals surface area contributed by atoms with Gasteiger partial charge in [-0.15, -0.1) is 0 Å². The van der Waals surface area contributed by atoms with E-state index in [9.17, 15) is 14.0 Å². The van der Waals surface area contributed by atoms with Gasteiger partial charge in [-0.25, -0.2) is 19.0 Å². The Morgan fingerprint density at radius 1 is 1.45 bits per heavy atom. The average Bonchev–Trinajstić information content (AvgIpc) is 2.42. The van der Waals surface area contributed by atoms with Crippen molar-refractivity contribution in [3.63, 3.8) is 0 Å². The number of carboxylic acid groups (broad SMARTS) is 1. The summed E-state index contributed by atoms with van der Waals surface area (Å²) in [7, 11) is 0. The highest BCUT2D eigenvalue weighted by Gasteiger charge is 2.03. The molecular formula is C14H11FN2O3. The highest BCUT2D eigenvalue weighted by Crippen LogP contribution is 2.13. The van der Waals surface area contributed by atoms with Crippen LogP contribution in [0.5, 0.6) is 0 Å². The summed E-state index contributed by atoms with van der Waals surface area (Å²) in [5, 5.41) is 8.54. The first-order chi connectivity index (χ1) is 9.56. The van der Waals surface area contributed by atoms with Crippen molar-refractivity contribution in [2.24, 2.45) is 0 Å². The van der Waals surface area contributed by atoms with Crippen molar-refractivity contribution in [3.05, 3.63) is 70.2 Å². The predicted molar refractivity (Wildman–Crippen MR) is 70.7 cm³/mol. The van der Waals surface area contributed by atoms with Crippen LogP contribution in [0.15, 0.2) is 47.5 Å². The third kappa shape index (κ3) is 3.38. The van der Waals surface area contributed by atoms with Crippen LogP contribution in [0.3, 0.4) is 0 Å². The second-order valence-electron chi connectivity index (χ2n) is 4.06. The van der Waals surface area contributed by atoms with Crippen molar-refractivity contribution in [1.82, 2.24) is 9.55 Å². The van der Waals surface area contributed by atoms with Gasteiger partial charge in [0.2, 0.25) is 0 Å². The summed E-state index contributed by atoms with van der Waals surface area (Å²) in [6.45, 7) is 0.237. The van der Waals surface area contributed by atoms with Crippen LogP contribution < -0.4 is 5.69 Å². The van der Waals surface area contributed by atoms with E-state index in [0.29, 0.717) is 5.56 Å². The SMILES string of the molecule is O=C(O)C=Cc1cc(Cn2cccnc2=O)ccc1F. The summed E-state index contributed by atoms with van der Waals surface area (Å²) in [6.07, 6.45) is 5.00. The lowest BCUT2D eigenvalue weighted by Crippen LogP contribution is -2.21. The number of benzene rings is 1. The first kappa shape index (κ1) is 13.7. The molecule has 1 N–H and O–H groups in total. The first-order valence-electron chi connectivity index (χ1n) is 5.77. The van der Waals surface area contributed by atoms with Crippen LogP contribution >= 0.6 is 0 Å². The Balaban J connectivity index is 2.30. The lowest BCUT2D eigenvalue weighted by Gasteiger charge is -2.06. The summed E-state index contributed by atoms with van der Waals surface area (Å²) in [4.78, 5) is 25.5.